The molecular formula is C9H14ClN3O. The zero-order valence-electron chi connectivity index (χ0n) is 8.16. The van der Waals surface area contributed by atoms with Gasteiger partial charge in [-0.2, -0.15) is 0 Å². The van der Waals surface area contributed by atoms with Gasteiger partial charge in [0.2, 0.25) is 5.95 Å². The van der Waals surface area contributed by atoms with Crippen LogP contribution in [0.4, 0.5) is 5.95 Å². The van der Waals surface area contributed by atoms with Crippen LogP contribution in [0.5, 0.6) is 0 Å². The number of anilines is 1. The van der Waals surface area contributed by atoms with Gasteiger partial charge in [-0.3, -0.25) is 0 Å². The topological polar surface area (TPSA) is 47.0 Å². The lowest BCUT2D eigenvalue weighted by Crippen LogP contribution is -2.05. The smallest absolute Gasteiger partial charge is 0.222 e. The minimum Gasteiger partial charge on any atom is -0.385 e. The second-order valence-electron chi connectivity index (χ2n) is 2.85. The van der Waals surface area contributed by atoms with E-state index in [1.54, 1.807) is 19.5 Å². The SMILES string of the molecule is COCCCCNc1ncc(Cl)cn1. The third-order valence-electron chi connectivity index (χ3n) is 1.68. The molecule has 5 heteroatoms. The first-order chi connectivity index (χ1) is 6.83. The van der Waals surface area contributed by atoms with Gasteiger partial charge in [-0.1, -0.05) is 11.6 Å². The predicted octanol–water partition coefficient (Wildman–Crippen LogP) is 1.97. The highest BCUT2D eigenvalue weighted by atomic mass is 35.5. The first-order valence-corrected chi connectivity index (χ1v) is 4.91. The maximum absolute atomic E-state index is 5.64. The Morgan fingerprint density at radius 1 is 1.36 bits per heavy atom. The zero-order valence-corrected chi connectivity index (χ0v) is 8.92. The minimum atomic E-state index is 0.551. The van der Waals surface area contributed by atoms with Crippen LogP contribution in [0.15, 0.2) is 12.4 Å². The summed E-state index contributed by atoms with van der Waals surface area (Å²) in [6, 6.07) is 0. The molecule has 0 saturated carbocycles. The van der Waals surface area contributed by atoms with E-state index in [4.69, 9.17) is 16.3 Å². The first-order valence-electron chi connectivity index (χ1n) is 4.53. The lowest BCUT2D eigenvalue weighted by atomic mass is 10.3. The van der Waals surface area contributed by atoms with Crippen LogP contribution in [0.25, 0.3) is 0 Å². The second-order valence-corrected chi connectivity index (χ2v) is 3.29. The van der Waals surface area contributed by atoms with E-state index in [0.29, 0.717) is 11.0 Å². The van der Waals surface area contributed by atoms with Crippen molar-refractivity contribution < 1.29 is 4.74 Å². The lowest BCUT2D eigenvalue weighted by molar-refractivity contribution is 0.193. The molecule has 1 rings (SSSR count). The van der Waals surface area contributed by atoms with Gasteiger partial charge in [0.05, 0.1) is 17.4 Å². The molecule has 0 bridgehead atoms. The number of rotatable bonds is 6. The Bertz CT molecular complexity index is 253. The summed E-state index contributed by atoms with van der Waals surface area (Å²) >= 11 is 5.64. The van der Waals surface area contributed by atoms with Gasteiger partial charge < -0.3 is 10.1 Å². The Kier molecular flexibility index (Phi) is 5.25. The van der Waals surface area contributed by atoms with E-state index in [0.717, 1.165) is 26.0 Å². The number of nitrogens with one attached hydrogen (secondary N) is 1. The van der Waals surface area contributed by atoms with Gasteiger partial charge >= 0.3 is 0 Å². The van der Waals surface area contributed by atoms with Crippen LogP contribution in [-0.4, -0.2) is 30.2 Å². The first kappa shape index (κ1) is 11.2. The molecule has 1 N–H and O–H groups in total. The van der Waals surface area contributed by atoms with Crippen LogP contribution in [0.2, 0.25) is 5.02 Å². The molecule has 0 spiro atoms. The number of nitrogens with zero attached hydrogens (tertiary/aromatic N) is 2. The zero-order chi connectivity index (χ0) is 10.2. The fourth-order valence-electron chi connectivity index (χ4n) is 0.975. The molecule has 4 nitrogen and oxygen atoms in total. The largest absolute Gasteiger partial charge is 0.385 e. The molecule has 0 radical (unpaired) electrons. The van der Waals surface area contributed by atoms with Gasteiger partial charge in [0.15, 0.2) is 0 Å². The molecule has 14 heavy (non-hydrogen) atoms. The van der Waals surface area contributed by atoms with Crippen molar-refractivity contribution in [1.29, 1.82) is 0 Å². The molecule has 0 unspecified atom stereocenters. The van der Waals surface area contributed by atoms with E-state index in [-0.39, 0.29) is 0 Å². The quantitative estimate of drug-likeness (QED) is 0.738. The van der Waals surface area contributed by atoms with Crippen LogP contribution >= 0.6 is 11.6 Å². The summed E-state index contributed by atoms with van der Waals surface area (Å²) < 4.78 is 4.93. The molecule has 0 fully saturated rings. The number of methoxy groups -OCH3 is 1. The molecule has 0 aliphatic rings. The Morgan fingerprint density at radius 2 is 2.07 bits per heavy atom. The van der Waals surface area contributed by atoms with E-state index >= 15 is 0 Å². The van der Waals surface area contributed by atoms with Crippen LogP contribution in [0.3, 0.4) is 0 Å². The van der Waals surface area contributed by atoms with E-state index < -0.39 is 0 Å². The molecule has 0 amide bonds. The molecule has 0 aromatic carbocycles. The summed E-state index contributed by atoms with van der Waals surface area (Å²) in [7, 11) is 1.70. The van der Waals surface area contributed by atoms with Crippen LogP contribution in [-0.2, 0) is 4.74 Å². The van der Waals surface area contributed by atoms with Crippen molar-refractivity contribution in [2.45, 2.75) is 12.8 Å². The van der Waals surface area contributed by atoms with Gasteiger partial charge in [-0.25, -0.2) is 9.97 Å². The number of hydrogen-bond acceptors (Lipinski definition) is 4. The molecule has 1 heterocycles. The predicted molar refractivity (Wildman–Crippen MR) is 56.6 cm³/mol. The van der Waals surface area contributed by atoms with Crippen LogP contribution in [0, 0.1) is 0 Å². The average molecular weight is 216 g/mol. The number of aromatic nitrogens is 2. The normalized spacial score (nSPS) is 10.1. The fraction of sp³-hybridized carbons (Fsp3) is 0.556. The third-order valence-corrected chi connectivity index (χ3v) is 1.87. The lowest BCUT2D eigenvalue weighted by Gasteiger charge is -2.03. The van der Waals surface area contributed by atoms with Crippen LogP contribution in [0.1, 0.15) is 12.8 Å². The molecule has 1 aromatic heterocycles. The van der Waals surface area contributed by atoms with Gasteiger partial charge in [0, 0.05) is 20.3 Å². The van der Waals surface area contributed by atoms with E-state index in [2.05, 4.69) is 15.3 Å². The van der Waals surface area contributed by atoms with E-state index in [1.807, 2.05) is 0 Å². The number of hydrogen-bond donors (Lipinski definition) is 1. The maximum atomic E-state index is 5.64. The summed E-state index contributed by atoms with van der Waals surface area (Å²) in [5, 5.41) is 3.65. The standard InChI is InChI=1S/C9H14ClN3O/c1-14-5-3-2-4-11-9-12-6-8(10)7-13-9/h6-7H,2-5H2,1H3,(H,11,12,13). The summed E-state index contributed by atoms with van der Waals surface area (Å²) in [6.07, 6.45) is 5.23. The Labute approximate surface area is 88.7 Å². The van der Waals surface area contributed by atoms with E-state index in [1.165, 1.54) is 0 Å². The average Bonchev–Trinajstić information content (AvgIpc) is 2.21. The fourth-order valence-corrected chi connectivity index (χ4v) is 1.07. The Hall–Kier alpha value is -0.870. The van der Waals surface area contributed by atoms with Crippen molar-refractivity contribution in [2.75, 3.05) is 25.6 Å². The Balaban J connectivity index is 2.15. The van der Waals surface area contributed by atoms with Crippen molar-refractivity contribution in [2.24, 2.45) is 0 Å². The summed E-state index contributed by atoms with van der Waals surface area (Å²) in [4.78, 5) is 8.02. The van der Waals surface area contributed by atoms with Crippen molar-refractivity contribution in [3.8, 4) is 0 Å². The number of halogens is 1. The molecule has 0 atom stereocenters. The van der Waals surface area contributed by atoms with Crippen molar-refractivity contribution in [3.63, 3.8) is 0 Å². The van der Waals surface area contributed by atoms with Gasteiger partial charge in [0.25, 0.3) is 0 Å². The van der Waals surface area contributed by atoms with Crippen molar-refractivity contribution >= 4 is 17.5 Å². The van der Waals surface area contributed by atoms with Gasteiger partial charge in [-0.05, 0) is 12.8 Å². The van der Waals surface area contributed by atoms with Gasteiger partial charge in [-0.15, -0.1) is 0 Å². The van der Waals surface area contributed by atoms with E-state index in [9.17, 15) is 0 Å². The highest BCUT2D eigenvalue weighted by Crippen LogP contribution is 2.05. The highest BCUT2D eigenvalue weighted by Gasteiger charge is 1.94. The molecular weight excluding hydrogens is 202 g/mol. The number of unbranched alkanes of at least 4 members (excludes halogenated alkanes) is 1. The molecule has 1 aromatic rings. The maximum Gasteiger partial charge on any atom is 0.222 e. The molecule has 78 valence electrons. The minimum absolute atomic E-state index is 0.551. The molecule has 0 aliphatic carbocycles. The Morgan fingerprint density at radius 3 is 2.71 bits per heavy atom. The summed E-state index contributed by atoms with van der Waals surface area (Å²) in [5.74, 6) is 0.617. The van der Waals surface area contributed by atoms with Crippen LogP contribution < -0.4 is 5.32 Å². The second kappa shape index (κ2) is 6.56. The molecule has 0 saturated heterocycles. The summed E-state index contributed by atoms with van der Waals surface area (Å²) in [5.41, 5.74) is 0. The van der Waals surface area contributed by atoms with Crippen molar-refractivity contribution in [3.05, 3.63) is 17.4 Å². The molecule has 0 aliphatic heterocycles. The number of ether oxygens (including phenoxy) is 1. The monoisotopic (exact) mass is 215 g/mol. The summed E-state index contributed by atoms with van der Waals surface area (Å²) in [6.45, 7) is 1.65. The third kappa shape index (κ3) is 4.39. The van der Waals surface area contributed by atoms with Crippen molar-refractivity contribution in [1.82, 2.24) is 9.97 Å². The van der Waals surface area contributed by atoms with Gasteiger partial charge in [0.1, 0.15) is 0 Å². The highest BCUT2D eigenvalue weighted by molar-refractivity contribution is 6.30.